The van der Waals surface area contributed by atoms with E-state index < -0.39 is 0 Å². The van der Waals surface area contributed by atoms with Crippen LogP contribution < -0.4 is 5.32 Å². The van der Waals surface area contributed by atoms with E-state index in [-0.39, 0.29) is 6.61 Å². The number of rotatable bonds is 6. The molecule has 0 aliphatic rings. The molecule has 2 heterocycles. The first kappa shape index (κ1) is 13.2. The van der Waals surface area contributed by atoms with E-state index in [4.69, 9.17) is 5.11 Å². The van der Waals surface area contributed by atoms with Crippen LogP contribution >= 0.6 is 11.5 Å². The first-order chi connectivity index (χ1) is 8.76. The fraction of sp³-hybridized carbons (Fsp3) is 0.583. The number of nitrogens with one attached hydrogen (secondary N) is 1. The van der Waals surface area contributed by atoms with E-state index in [9.17, 15) is 0 Å². The molecule has 0 aliphatic carbocycles. The van der Waals surface area contributed by atoms with Gasteiger partial charge in [0.1, 0.15) is 17.0 Å². The lowest BCUT2D eigenvalue weighted by Crippen LogP contribution is -2.15. The Morgan fingerprint density at radius 3 is 3.00 bits per heavy atom. The quantitative estimate of drug-likeness (QED) is 0.839. The maximum atomic E-state index is 8.99. The molecule has 0 saturated heterocycles. The molecule has 0 radical (unpaired) electrons. The fourth-order valence-electron chi connectivity index (χ4n) is 1.93. The fourth-order valence-corrected chi connectivity index (χ4v) is 2.67. The van der Waals surface area contributed by atoms with Crippen LogP contribution in [0, 0.1) is 12.8 Å². The second-order valence-electron chi connectivity index (χ2n) is 4.34. The molecule has 0 aromatic carbocycles. The number of aryl methyl sites for hydroxylation is 1. The van der Waals surface area contributed by atoms with Crippen molar-refractivity contribution in [1.29, 1.82) is 0 Å². The summed E-state index contributed by atoms with van der Waals surface area (Å²) < 4.78 is 4.30. The Bertz CT molecular complexity index is 514. The molecule has 0 aliphatic heterocycles. The second kappa shape index (κ2) is 6.06. The first-order valence-corrected chi connectivity index (χ1v) is 6.95. The largest absolute Gasteiger partial charge is 0.396 e. The predicted octanol–water partition coefficient (Wildman–Crippen LogP) is 2.22. The minimum atomic E-state index is 0.235. The average molecular weight is 266 g/mol. The first-order valence-electron chi connectivity index (χ1n) is 6.18. The normalized spacial score (nSPS) is 12.8. The molecule has 1 unspecified atom stereocenters. The van der Waals surface area contributed by atoms with Gasteiger partial charge >= 0.3 is 0 Å². The number of hydrogen-bond donors (Lipinski definition) is 2. The maximum absolute atomic E-state index is 8.99. The summed E-state index contributed by atoms with van der Waals surface area (Å²) in [4.78, 5) is 9.42. The van der Waals surface area contributed by atoms with E-state index >= 15 is 0 Å². The lowest BCUT2D eigenvalue weighted by molar-refractivity contribution is 0.258. The smallest absolute Gasteiger partial charge is 0.149 e. The van der Waals surface area contributed by atoms with Crippen molar-refractivity contribution >= 4 is 27.6 Å². The van der Waals surface area contributed by atoms with E-state index in [1.54, 1.807) is 6.33 Å². The van der Waals surface area contributed by atoms with Crippen molar-refractivity contribution in [1.82, 2.24) is 14.3 Å². The van der Waals surface area contributed by atoms with Crippen LogP contribution in [0.5, 0.6) is 0 Å². The van der Waals surface area contributed by atoms with Crippen molar-refractivity contribution in [3.05, 3.63) is 12.0 Å². The molecule has 18 heavy (non-hydrogen) atoms. The highest BCUT2D eigenvalue weighted by Crippen LogP contribution is 2.25. The molecular weight excluding hydrogens is 248 g/mol. The van der Waals surface area contributed by atoms with Gasteiger partial charge in [-0.05, 0) is 30.8 Å². The van der Waals surface area contributed by atoms with Gasteiger partial charge in [-0.1, -0.05) is 13.3 Å². The van der Waals surface area contributed by atoms with Crippen LogP contribution in [0.25, 0.3) is 10.2 Å². The maximum Gasteiger partial charge on any atom is 0.149 e. The molecule has 0 spiro atoms. The molecule has 2 rings (SSSR count). The van der Waals surface area contributed by atoms with Crippen LogP contribution in [0.3, 0.4) is 0 Å². The molecule has 5 nitrogen and oxygen atoms in total. The summed E-state index contributed by atoms with van der Waals surface area (Å²) in [5.41, 5.74) is 0.966. The van der Waals surface area contributed by atoms with E-state index in [0.29, 0.717) is 5.92 Å². The van der Waals surface area contributed by atoms with Crippen LogP contribution in [0.1, 0.15) is 25.5 Å². The van der Waals surface area contributed by atoms with Crippen molar-refractivity contribution in [2.45, 2.75) is 26.7 Å². The lowest BCUT2D eigenvalue weighted by atomic mass is 10.0. The van der Waals surface area contributed by atoms with Crippen molar-refractivity contribution in [3.63, 3.8) is 0 Å². The van der Waals surface area contributed by atoms with E-state index in [2.05, 4.69) is 26.6 Å². The summed E-state index contributed by atoms with van der Waals surface area (Å²) in [5, 5.41) is 13.4. The number of anilines is 1. The highest BCUT2D eigenvalue weighted by molar-refractivity contribution is 7.13. The Morgan fingerprint density at radius 1 is 1.44 bits per heavy atom. The van der Waals surface area contributed by atoms with Gasteiger partial charge in [0, 0.05) is 13.2 Å². The van der Waals surface area contributed by atoms with Gasteiger partial charge in [0.2, 0.25) is 0 Å². The molecule has 0 amide bonds. The van der Waals surface area contributed by atoms with Gasteiger partial charge in [0.05, 0.1) is 11.1 Å². The number of nitrogens with zero attached hydrogens (tertiary/aromatic N) is 3. The third-order valence-corrected chi connectivity index (χ3v) is 3.96. The predicted molar refractivity (Wildman–Crippen MR) is 73.9 cm³/mol. The van der Waals surface area contributed by atoms with Gasteiger partial charge in [-0.25, -0.2) is 9.97 Å². The topological polar surface area (TPSA) is 70.9 Å². The highest BCUT2D eigenvalue weighted by Gasteiger charge is 2.11. The van der Waals surface area contributed by atoms with E-state index in [0.717, 1.165) is 41.1 Å². The van der Waals surface area contributed by atoms with Gasteiger partial charge < -0.3 is 10.4 Å². The number of aliphatic hydroxyl groups is 1. The Hall–Kier alpha value is -1.27. The number of fused-ring (bicyclic) bond motifs is 1. The highest BCUT2D eigenvalue weighted by atomic mass is 32.1. The number of aromatic nitrogens is 3. The summed E-state index contributed by atoms with van der Waals surface area (Å²) in [6.45, 7) is 5.16. The number of hydrogen-bond acceptors (Lipinski definition) is 6. The summed E-state index contributed by atoms with van der Waals surface area (Å²) >= 11 is 1.40. The number of aliphatic hydroxyl groups excluding tert-OH is 1. The van der Waals surface area contributed by atoms with Crippen LogP contribution in [-0.4, -0.2) is 32.6 Å². The average Bonchev–Trinajstić information content (AvgIpc) is 2.77. The minimum Gasteiger partial charge on any atom is -0.396 e. The summed E-state index contributed by atoms with van der Waals surface area (Å²) in [6.07, 6.45) is 3.43. The van der Waals surface area contributed by atoms with Gasteiger partial charge in [0.25, 0.3) is 0 Å². The molecule has 6 heteroatoms. The molecule has 1 atom stereocenters. The molecule has 2 aromatic heterocycles. The zero-order valence-corrected chi connectivity index (χ0v) is 11.5. The lowest BCUT2D eigenvalue weighted by Gasteiger charge is -2.15. The van der Waals surface area contributed by atoms with Gasteiger partial charge in [-0.15, -0.1) is 0 Å². The Labute approximate surface area is 110 Å². The molecular formula is C12H18N4OS. The van der Waals surface area contributed by atoms with Crippen molar-refractivity contribution in [2.24, 2.45) is 5.92 Å². The molecule has 0 bridgehead atoms. The van der Waals surface area contributed by atoms with Crippen LogP contribution in [0.15, 0.2) is 6.33 Å². The summed E-state index contributed by atoms with van der Waals surface area (Å²) in [5.74, 6) is 1.31. The zero-order chi connectivity index (χ0) is 13.0. The third kappa shape index (κ3) is 2.76. The molecule has 0 fully saturated rings. The monoisotopic (exact) mass is 266 g/mol. The van der Waals surface area contributed by atoms with Gasteiger partial charge in [0.15, 0.2) is 0 Å². The second-order valence-corrected chi connectivity index (χ2v) is 5.09. The Balaban J connectivity index is 2.14. The van der Waals surface area contributed by atoms with Gasteiger partial charge in [-0.2, -0.15) is 4.37 Å². The van der Waals surface area contributed by atoms with Crippen molar-refractivity contribution < 1.29 is 5.11 Å². The van der Waals surface area contributed by atoms with Crippen molar-refractivity contribution in [3.8, 4) is 0 Å². The SMILES string of the molecule is CCC(CCO)CNc1ncnc2snc(C)c12. The van der Waals surface area contributed by atoms with Crippen LogP contribution in [0.2, 0.25) is 0 Å². The Kier molecular flexibility index (Phi) is 4.43. The van der Waals surface area contributed by atoms with Crippen LogP contribution in [-0.2, 0) is 0 Å². The Morgan fingerprint density at radius 2 is 2.28 bits per heavy atom. The molecule has 2 aromatic rings. The van der Waals surface area contributed by atoms with Crippen LogP contribution in [0.4, 0.5) is 5.82 Å². The summed E-state index contributed by atoms with van der Waals surface area (Å²) in [6, 6.07) is 0. The summed E-state index contributed by atoms with van der Waals surface area (Å²) in [7, 11) is 0. The third-order valence-electron chi connectivity index (χ3n) is 3.12. The van der Waals surface area contributed by atoms with E-state index in [1.165, 1.54) is 11.5 Å². The van der Waals surface area contributed by atoms with Crippen molar-refractivity contribution in [2.75, 3.05) is 18.5 Å². The zero-order valence-electron chi connectivity index (χ0n) is 10.7. The van der Waals surface area contributed by atoms with Gasteiger partial charge in [-0.3, -0.25) is 0 Å². The molecule has 98 valence electrons. The van der Waals surface area contributed by atoms with E-state index in [1.807, 2.05) is 6.92 Å². The molecule has 2 N–H and O–H groups in total. The molecule has 0 saturated carbocycles. The minimum absolute atomic E-state index is 0.235. The standard InChI is InChI=1S/C12H18N4OS/c1-3-9(4-5-17)6-13-11-10-8(2)16-18-12(10)15-7-14-11/h7,9,17H,3-6H2,1-2H3,(H,13,14,15).